The lowest BCUT2D eigenvalue weighted by atomic mass is 10.0. The molecule has 0 spiro atoms. The standard InChI is InChI=1S/C12H15BrFN/c1-15-12(8-2-3-8)7-9-6-10(14)4-5-11(9)13/h4-6,8,12,15H,2-3,7H2,1H3. The fourth-order valence-electron chi connectivity index (χ4n) is 1.94. The van der Waals surface area contributed by atoms with Crippen molar-refractivity contribution in [1.82, 2.24) is 5.32 Å². The van der Waals surface area contributed by atoms with E-state index < -0.39 is 0 Å². The molecule has 1 aliphatic rings. The average Bonchev–Trinajstić information content (AvgIpc) is 3.03. The van der Waals surface area contributed by atoms with Crippen LogP contribution in [0.15, 0.2) is 22.7 Å². The molecule has 15 heavy (non-hydrogen) atoms. The van der Waals surface area contributed by atoms with Crippen molar-refractivity contribution in [3.05, 3.63) is 34.1 Å². The summed E-state index contributed by atoms with van der Waals surface area (Å²) in [5.41, 5.74) is 1.06. The van der Waals surface area contributed by atoms with Crippen LogP contribution in [0.1, 0.15) is 18.4 Å². The number of rotatable bonds is 4. The van der Waals surface area contributed by atoms with Crippen molar-refractivity contribution in [2.24, 2.45) is 5.92 Å². The van der Waals surface area contributed by atoms with Gasteiger partial charge in [0.2, 0.25) is 0 Å². The number of hydrogen-bond donors (Lipinski definition) is 1. The van der Waals surface area contributed by atoms with E-state index in [1.165, 1.54) is 18.9 Å². The maximum Gasteiger partial charge on any atom is 0.123 e. The molecule has 0 aromatic heterocycles. The summed E-state index contributed by atoms with van der Waals surface area (Å²) in [5, 5.41) is 3.32. The summed E-state index contributed by atoms with van der Waals surface area (Å²) < 4.78 is 14.1. The summed E-state index contributed by atoms with van der Waals surface area (Å²) in [6, 6.07) is 5.38. The third kappa shape index (κ3) is 2.79. The molecule has 1 nitrogen and oxygen atoms in total. The molecule has 1 N–H and O–H groups in total. The van der Waals surface area contributed by atoms with E-state index in [0.717, 1.165) is 22.4 Å². The first-order valence-corrected chi connectivity index (χ1v) is 6.11. The van der Waals surface area contributed by atoms with Crippen LogP contribution in [-0.4, -0.2) is 13.1 Å². The number of likely N-dealkylation sites (N-methyl/N-ethyl adjacent to an activating group) is 1. The van der Waals surface area contributed by atoms with Crippen LogP contribution >= 0.6 is 15.9 Å². The Morgan fingerprint density at radius 2 is 2.27 bits per heavy atom. The van der Waals surface area contributed by atoms with Gasteiger partial charge >= 0.3 is 0 Å². The number of hydrogen-bond acceptors (Lipinski definition) is 1. The molecule has 1 unspecified atom stereocenters. The number of nitrogens with one attached hydrogen (secondary N) is 1. The minimum Gasteiger partial charge on any atom is -0.316 e. The molecule has 2 rings (SSSR count). The lowest BCUT2D eigenvalue weighted by Crippen LogP contribution is -2.29. The van der Waals surface area contributed by atoms with Gasteiger partial charge in [-0.15, -0.1) is 0 Å². The van der Waals surface area contributed by atoms with Gasteiger partial charge in [0.15, 0.2) is 0 Å². The van der Waals surface area contributed by atoms with Crippen LogP contribution in [0, 0.1) is 11.7 Å². The van der Waals surface area contributed by atoms with Crippen molar-refractivity contribution >= 4 is 15.9 Å². The number of benzene rings is 1. The molecule has 0 bridgehead atoms. The summed E-state index contributed by atoms with van der Waals surface area (Å²) in [5.74, 6) is 0.629. The van der Waals surface area contributed by atoms with Gasteiger partial charge in [-0.25, -0.2) is 4.39 Å². The molecule has 1 aromatic carbocycles. The minimum absolute atomic E-state index is 0.154. The highest BCUT2D eigenvalue weighted by Crippen LogP contribution is 2.34. The fraction of sp³-hybridized carbons (Fsp3) is 0.500. The molecule has 1 aliphatic carbocycles. The van der Waals surface area contributed by atoms with Gasteiger partial charge in [-0.2, -0.15) is 0 Å². The zero-order valence-corrected chi connectivity index (χ0v) is 10.3. The smallest absolute Gasteiger partial charge is 0.123 e. The largest absolute Gasteiger partial charge is 0.316 e. The summed E-state index contributed by atoms with van der Waals surface area (Å²) in [6.07, 6.45) is 3.51. The highest BCUT2D eigenvalue weighted by molar-refractivity contribution is 9.10. The molecule has 1 fully saturated rings. The van der Waals surface area contributed by atoms with Crippen LogP contribution in [0.2, 0.25) is 0 Å². The molecule has 1 atom stereocenters. The van der Waals surface area contributed by atoms with Crippen molar-refractivity contribution in [3.8, 4) is 0 Å². The van der Waals surface area contributed by atoms with Gasteiger partial charge in [-0.05, 0) is 56.0 Å². The lowest BCUT2D eigenvalue weighted by Gasteiger charge is -2.16. The highest BCUT2D eigenvalue weighted by Gasteiger charge is 2.30. The van der Waals surface area contributed by atoms with E-state index in [9.17, 15) is 4.39 Å². The third-order valence-electron chi connectivity index (χ3n) is 3.01. The van der Waals surface area contributed by atoms with Gasteiger partial charge < -0.3 is 5.32 Å². The van der Waals surface area contributed by atoms with Crippen LogP contribution in [0.4, 0.5) is 4.39 Å². The van der Waals surface area contributed by atoms with E-state index in [2.05, 4.69) is 21.2 Å². The SMILES string of the molecule is CNC(Cc1cc(F)ccc1Br)C1CC1. The molecule has 1 aromatic rings. The minimum atomic E-state index is -0.154. The predicted octanol–water partition coefficient (Wildman–Crippen LogP) is 3.13. The van der Waals surface area contributed by atoms with Crippen molar-refractivity contribution < 1.29 is 4.39 Å². The quantitative estimate of drug-likeness (QED) is 0.888. The van der Waals surface area contributed by atoms with Crippen molar-refractivity contribution in [2.75, 3.05) is 7.05 Å². The lowest BCUT2D eigenvalue weighted by molar-refractivity contribution is 0.498. The first-order valence-electron chi connectivity index (χ1n) is 5.32. The van der Waals surface area contributed by atoms with Crippen molar-refractivity contribution in [3.63, 3.8) is 0 Å². The summed E-state index contributed by atoms with van der Waals surface area (Å²) in [7, 11) is 1.98. The fourth-order valence-corrected chi connectivity index (χ4v) is 2.35. The first-order chi connectivity index (χ1) is 7.20. The molecule has 82 valence electrons. The molecule has 1 saturated carbocycles. The maximum atomic E-state index is 13.1. The molecular formula is C12H15BrFN. The predicted molar refractivity (Wildman–Crippen MR) is 63.4 cm³/mol. The average molecular weight is 272 g/mol. The van der Waals surface area contributed by atoms with E-state index in [-0.39, 0.29) is 5.82 Å². The van der Waals surface area contributed by atoms with Crippen molar-refractivity contribution in [2.45, 2.75) is 25.3 Å². The van der Waals surface area contributed by atoms with Gasteiger partial charge in [-0.1, -0.05) is 15.9 Å². The Morgan fingerprint density at radius 1 is 1.53 bits per heavy atom. The Labute approximate surface area is 98.2 Å². The van der Waals surface area contributed by atoms with E-state index in [1.807, 2.05) is 7.05 Å². The van der Waals surface area contributed by atoms with E-state index in [1.54, 1.807) is 12.1 Å². The number of halogens is 2. The van der Waals surface area contributed by atoms with E-state index in [0.29, 0.717) is 6.04 Å². The van der Waals surface area contributed by atoms with Crippen LogP contribution in [-0.2, 0) is 6.42 Å². The Kier molecular flexibility index (Phi) is 3.42. The molecule has 0 radical (unpaired) electrons. The Hall–Kier alpha value is -0.410. The molecule has 3 heteroatoms. The first kappa shape index (κ1) is 11.1. The van der Waals surface area contributed by atoms with Crippen LogP contribution in [0.3, 0.4) is 0 Å². The normalized spacial score (nSPS) is 17.8. The van der Waals surface area contributed by atoms with Crippen LogP contribution < -0.4 is 5.32 Å². The van der Waals surface area contributed by atoms with Crippen LogP contribution in [0.25, 0.3) is 0 Å². The maximum absolute atomic E-state index is 13.1. The van der Waals surface area contributed by atoms with Gasteiger partial charge in [0.25, 0.3) is 0 Å². The van der Waals surface area contributed by atoms with Crippen LogP contribution in [0.5, 0.6) is 0 Å². The summed E-state index contributed by atoms with van der Waals surface area (Å²) in [6.45, 7) is 0. The molecule has 0 aliphatic heterocycles. The Bertz CT molecular complexity index is 349. The van der Waals surface area contributed by atoms with Gasteiger partial charge in [-0.3, -0.25) is 0 Å². The highest BCUT2D eigenvalue weighted by atomic mass is 79.9. The second kappa shape index (κ2) is 4.62. The Balaban J connectivity index is 2.11. The summed E-state index contributed by atoms with van der Waals surface area (Å²) in [4.78, 5) is 0. The molecule has 0 heterocycles. The Morgan fingerprint density at radius 3 is 2.87 bits per heavy atom. The molecule has 0 amide bonds. The zero-order chi connectivity index (χ0) is 10.8. The molecule has 0 saturated heterocycles. The topological polar surface area (TPSA) is 12.0 Å². The van der Waals surface area contributed by atoms with Gasteiger partial charge in [0.05, 0.1) is 0 Å². The second-order valence-corrected chi connectivity index (χ2v) is 5.03. The summed E-state index contributed by atoms with van der Waals surface area (Å²) >= 11 is 3.46. The van der Waals surface area contributed by atoms with Gasteiger partial charge in [0.1, 0.15) is 5.82 Å². The monoisotopic (exact) mass is 271 g/mol. The van der Waals surface area contributed by atoms with Gasteiger partial charge in [0, 0.05) is 10.5 Å². The third-order valence-corrected chi connectivity index (χ3v) is 3.78. The second-order valence-electron chi connectivity index (χ2n) is 4.17. The zero-order valence-electron chi connectivity index (χ0n) is 8.76. The molecular weight excluding hydrogens is 257 g/mol. The van der Waals surface area contributed by atoms with Crippen molar-refractivity contribution in [1.29, 1.82) is 0 Å². The van der Waals surface area contributed by atoms with E-state index >= 15 is 0 Å². The van der Waals surface area contributed by atoms with E-state index in [4.69, 9.17) is 0 Å².